The molecule has 1 amide bonds. The summed E-state index contributed by atoms with van der Waals surface area (Å²) in [5, 5.41) is 10.6. The van der Waals surface area contributed by atoms with E-state index in [1.807, 2.05) is 43.3 Å². The second kappa shape index (κ2) is 8.98. The van der Waals surface area contributed by atoms with Crippen molar-refractivity contribution >= 4 is 28.8 Å². The van der Waals surface area contributed by atoms with E-state index in [0.717, 1.165) is 16.7 Å². The number of aromatic nitrogens is 5. The Morgan fingerprint density at radius 3 is 2.66 bits per heavy atom. The molecule has 0 unspecified atom stereocenters. The molecule has 1 N–H and O–H groups in total. The van der Waals surface area contributed by atoms with Crippen molar-refractivity contribution in [2.75, 3.05) is 5.32 Å². The molecule has 3 heterocycles. The molecule has 0 radical (unpaired) electrons. The van der Waals surface area contributed by atoms with Gasteiger partial charge in [-0.05, 0) is 36.5 Å². The molecular formula is C27H20ClF3N6O. The average molecular weight is 537 g/mol. The number of anilines is 1. The van der Waals surface area contributed by atoms with E-state index in [0.29, 0.717) is 28.7 Å². The third-order valence-corrected chi connectivity index (χ3v) is 7.04. The van der Waals surface area contributed by atoms with Gasteiger partial charge >= 0.3 is 6.18 Å². The van der Waals surface area contributed by atoms with Crippen LogP contribution in [0, 0.1) is 6.92 Å². The number of hydrogen-bond acceptors (Lipinski definition) is 4. The summed E-state index contributed by atoms with van der Waals surface area (Å²) in [4.78, 5) is 17.6. The number of hydrogen-bond donors (Lipinski definition) is 1. The van der Waals surface area contributed by atoms with Crippen molar-refractivity contribution in [3.63, 3.8) is 0 Å². The number of rotatable bonds is 4. The van der Waals surface area contributed by atoms with Gasteiger partial charge in [-0.3, -0.25) is 9.48 Å². The highest BCUT2D eigenvalue weighted by molar-refractivity contribution is 6.37. The molecule has 11 heteroatoms. The van der Waals surface area contributed by atoms with Gasteiger partial charge in [0.15, 0.2) is 17.0 Å². The summed E-state index contributed by atoms with van der Waals surface area (Å²) in [6, 6.07) is 15.0. The lowest BCUT2D eigenvalue weighted by Crippen LogP contribution is -2.21. The molecule has 1 aliphatic carbocycles. The molecule has 0 saturated heterocycles. The third kappa shape index (κ3) is 4.10. The molecule has 0 aliphatic heterocycles. The van der Waals surface area contributed by atoms with Crippen molar-refractivity contribution in [2.24, 2.45) is 0 Å². The molecule has 5 aromatic rings. The third-order valence-electron chi connectivity index (χ3n) is 6.69. The van der Waals surface area contributed by atoms with E-state index in [4.69, 9.17) is 11.6 Å². The summed E-state index contributed by atoms with van der Waals surface area (Å²) in [7, 11) is 0. The zero-order valence-corrected chi connectivity index (χ0v) is 20.8. The highest BCUT2D eigenvalue weighted by Gasteiger charge is 2.41. The SMILES string of the molecule is Cc1ccccc1Cn1cc(NC(=O)c2nn3c(C(F)(F)F)c4c(nc3c2Cl)-c2ccccc2CC4)cn1. The van der Waals surface area contributed by atoms with E-state index >= 15 is 0 Å². The Hall–Kier alpha value is -4.18. The van der Waals surface area contributed by atoms with Gasteiger partial charge in [0.05, 0.1) is 24.1 Å². The number of fused-ring (bicyclic) bond motifs is 4. The lowest BCUT2D eigenvalue weighted by molar-refractivity contribution is -0.143. The van der Waals surface area contributed by atoms with E-state index in [2.05, 4.69) is 20.5 Å². The minimum Gasteiger partial charge on any atom is -0.318 e. The molecule has 38 heavy (non-hydrogen) atoms. The largest absolute Gasteiger partial charge is 0.433 e. The predicted molar refractivity (Wildman–Crippen MR) is 136 cm³/mol. The van der Waals surface area contributed by atoms with Crippen molar-refractivity contribution in [3.05, 3.63) is 99.6 Å². The average Bonchev–Trinajstić information content (AvgIpc) is 3.46. The van der Waals surface area contributed by atoms with Gasteiger partial charge in [0.25, 0.3) is 5.91 Å². The van der Waals surface area contributed by atoms with Crippen LogP contribution in [0.5, 0.6) is 0 Å². The Morgan fingerprint density at radius 1 is 1.11 bits per heavy atom. The van der Waals surface area contributed by atoms with Crippen molar-refractivity contribution in [3.8, 4) is 11.3 Å². The van der Waals surface area contributed by atoms with Gasteiger partial charge in [0.1, 0.15) is 5.02 Å². The van der Waals surface area contributed by atoms with Crippen LogP contribution < -0.4 is 5.32 Å². The van der Waals surface area contributed by atoms with Gasteiger partial charge in [0, 0.05) is 17.3 Å². The van der Waals surface area contributed by atoms with Gasteiger partial charge in [-0.2, -0.15) is 23.4 Å². The molecule has 6 rings (SSSR count). The smallest absolute Gasteiger partial charge is 0.318 e. The first-order valence-corrected chi connectivity index (χ1v) is 12.2. The Bertz CT molecular complexity index is 1720. The monoisotopic (exact) mass is 536 g/mol. The minimum absolute atomic E-state index is 0.0345. The topological polar surface area (TPSA) is 77.1 Å². The van der Waals surface area contributed by atoms with Crippen LogP contribution in [-0.4, -0.2) is 30.3 Å². The van der Waals surface area contributed by atoms with Crippen LogP contribution in [0.2, 0.25) is 5.02 Å². The van der Waals surface area contributed by atoms with Gasteiger partial charge in [-0.1, -0.05) is 60.1 Å². The molecule has 2 aromatic carbocycles. The van der Waals surface area contributed by atoms with E-state index in [1.54, 1.807) is 23.0 Å². The van der Waals surface area contributed by atoms with Gasteiger partial charge in [-0.25, -0.2) is 9.50 Å². The summed E-state index contributed by atoms with van der Waals surface area (Å²) in [5.74, 6) is -0.762. The molecule has 0 saturated carbocycles. The Kier molecular flexibility index (Phi) is 5.71. The van der Waals surface area contributed by atoms with Crippen LogP contribution in [0.15, 0.2) is 60.9 Å². The molecule has 0 atom stereocenters. The first-order valence-electron chi connectivity index (χ1n) is 11.9. The fraction of sp³-hybridized carbons (Fsp3) is 0.185. The van der Waals surface area contributed by atoms with Crippen LogP contribution in [0.4, 0.5) is 18.9 Å². The zero-order valence-electron chi connectivity index (χ0n) is 20.1. The van der Waals surface area contributed by atoms with Gasteiger partial charge in [0.2, 0.25) is 0 Å². The number of amides is 1. The maximum absolute atomic E-state index is 14.3. The highest BCUT2D eigenvalue weighted by atomic mass is 35.5. The summed E-state index contributed by atoms with van der Waals surface area (Å²) < 4.78 is 45.3. The van der Waals surface area contributed by atoms with Crippen LogP contribution >= 0.6 is 11.6 Å². The molecule has 3 aromatic heterocycles. The second-order valence-corrected chi connectivity index (χ2v) is 9.53. The molecular weight excluding hydrogens is 517 g/mol. The van der Waals surface area contributed by atoms with Crippen LogP contribution in [0.3, 0.4) is 0 Å². The fourth-order valence-corrected chi connectivity index (χ4v) is 5.09. The van der Waals surface area contributed by atoms with Crippen molar-refractivity contribution < 1.29 is 18.0 Å². The summed E-state index contributed by atoms with van der Waals surface area (Å²) in [6.45, 7) is 2.48. The van der Waals surface area contributed by atoms with Gasteiger partial charge in [-0.15, -0.1) is 0 Å². The minimum atomic E-state index is -4.74. The lowest BCUT2D eigenvalue weighted by Gasteiger charge is -2.23. The Labute approximate surface area is 219 Å². The maximum Gasteiger partial charge on any atom is 0.433 e. The van der Waals surface area contributed by atoms with Crippen molar-refractivity contribution in [1.82, 2.24) is 24.4 Å². The maximum atomic E-state index is 14.3. The van der Waals surface area contributed by atoms with Crippen LogP contribution in [-0.2, 0) is 25.6 Å². The number of nitrogens with one attached hydrogen (secondary N) is 1. The van der Waals surface area contributed by atoms with Crippen molar-refractivity contribution in [1.29, 1.82) is 0 Å². The predicted octanol–water partition coefficient (Wildman–Crippen LogP) is 5.97. The molecule has 0 spiro atoms. The second-order valence-electron chi connectivity index (χ2n) is 9.15. The zero-order chi connectivity index (χ0) is 26.6. The fourth-order valence-electron chi connectivity index (χ4n) is 4.85. The number of carbonyl (C=O) groups is 1. The van der Waals surface area contributed by atoms with Crippen LogP contribution in [0.1, 0.15) is 38.4 Å². The van der Waals surface area contributed by atoms with E-state index in [-0.39, 0.29) is 34.0 Å². The number of nitrogens with zero attached hydrogens (tertiary/aromatic N) is 5. The molecule has 7 nitrogen and oxygen atoms in total. The van der Waals surface area contributed by atoms with Crippen molar-refractivity contribution in [2.45, 2.75) is 32.5 Å². The lowest BCUT2D eigenvalue weighted by atomic mass is 9.88. The van der Waals surface area contributed by atoms with Crippen LogP contribution in [0.25, 0.3) is 16.9 Å². The molecule has 1 aliphatic rings. The van der Waals surface area contributed by atoms with E-state index in [1.165, 1.54) is 6.20 Å². The number of aryl methyl sites for hydroxylation is 2. The quantitative estimate of drug-likeness (QED) is 0.307. The standard InChI is InChI=1S/C27H20ClF3N6O/c1-15-6-2-3-8-17(15)13-36-14-18(12-32-36)33-26(38)23-21(28)25-34-22-19-9-5-4-7-16(19)10-11-20(22)24(27(29,30)31)37(25)35-23/h2-9,12,14H,10-11,13H2,1H3,(H,33,38). The Balaban J connectivity index is 1.37. The number of benzene rings is 2. The molecule has 192 valence electrons. The molecule has 0 bridgehead atoms. The molecule has 0 fully saturated rings. The first kappa shape index (κ1) is 24.2. The summed E-state index contributed by atoms with van der Waals surface area (Å²) in [5.41, 5.74) is 2.73. The first-order chi connectivity index (χ1) is 18.2. The number of halogens is 4. The Morgan fingerprint density at radius 2 is 1.87 bits per heavy atom. The summed E-state index contributed by atoms with van der Waals surface area (Å²) in [6.07, 6.45) is -1.08. The highest BCUT2D eigenvalue weighted by Crippen LogP contribution is 2.41. The normalized spacial score (nSPS) is 12.9. The van der Waals surface area contributed by atoms with Gasteiger partial charge < -0.3 is 5.32 Å². The van der Waals surface area contributed by atoms with E-state index in [9.17, 15) is 18.0 Å². The number of carbonyl (C=O) groups excluding carboxylic acids is 1. The van der Waals surface area contributed by atoms with E-state index < -0.39 is 17.8 Å². The summed E-state index contributed by atoms with van der Waals surface area (Å²) >= 11 is 6.44. The number of alkyl halides is 3.